The average Bonchev–Trinajstić information content (AvgIpc) is 3.32. The monoisotopic (exact) mass is 490 g/mol. The Hall–Kier alpha value is -4.91. The molecular weight excluding hydrogens is 464 g/mol. The van der Waals surface area contributed by atoms with Crippen molar-refractivity contribution < 1.29 is 14.7 Å². The van der Waals surface area contributed by atoms with Crippen LogP contribution in [0.4, 0.5) is 11.4 Å². The van der Waals surface area contributed by atoms with E-state index in [1.807, 2.05) is 66.7 Å². The summed E-state index contributed by atoms with van der Waals surface area (Å²) in [6.45, 7) is 0.485. The highest BCUT2D eigenvalue weighted by Gasteiger charge is 2.14. The summed E-state index contributed by atoms with van der Waals surface area (Å²) >= 11 is 0. The van der Waals surface area contributed by atoms with Crippen LogP contribution in [-0.2, 0) is 17.8 Å². The summed E-state index contributed by atoms with van der Waals surface area (Å²) in [4.78, 5) is 33.7. The van der Waals surface area contributed by atoms with Crippen molar-refractivity contribution in [3.05, 3.63) is 114 Å². The van der Waals surface area contributed by atoms with Crippen molar-refractivity contribution in [2.24, 2.45) is 0 Å². The number of aromatic carboxylic acids is 1. The molecule has 3 N–H and O–H groups in total. The number of amides is 1. The topological polar surface area (TPSA) is 98.3 Å². The molecule has 7 heteroatoms. The van der Waals surface area contributed by atoms with Gasteiger partial charge in [-0.25, -0.2) is 9.78 Å². The number of H-pyrrole nitrogens is 1. The first-order valence-corrected chi connectivity index (χ1v) is 11.9. The summed E-state index contributed by atoms with van der Waals surface area (Å²) in [7, 11) is 1.80. The number of aromatic amines is 1. The quantitative estimate of drug-likeness (QED) is 0.253. The van der Waals surface area contributed by atoms with E-state index in [1.54, 1.807) is 36.2 Å². The summed E-state index contributed by atoms with van der Waals surface area (Å²) < 4.78 is 0. The summed E-state index contributed by atoms with van der Waals surface area (Å²) in [6.07, 6.45) is 0.213. The Morgan fingerprint density at radius 3 is 2.43 bits per heavy atom. The first-order chi connectivity index (χ1) is 18.0. The number of likely N-dealkylation sites (N-methyl/N-ethyl adjacent to an activating group) is 1. The smallest absolute Gasteiger partial charge is 0.337 e. The second kappa shape index (κ2) is 10.4. The number of nitrogens with one attached hydrogen (secondary N) is 2. The predicted octanol–water partition coefficient (Wildman–Crippen LogP) is 5.87. The van der Waals surface area contributed by atoms with Crippen LogP contribution < -0.4 is 5.32 Å². The maximum atomic E-state index is 12.8. The number of hydrogen-bond donors (Lipinski definition) is 3. The molecule has 0 atom stereocenters. The van der Waals surface area contributed by atoms with E-state index in [1.165, 1.54) is 0 Å². The van der Waals surface area contributed by atoms with Crippen molar-refractivity contribution in [1.82, 2.24) is 14.9 Å². The number of hydrogen-bond acceptors (Lipinski definition) is 4. The van der Waals surface area contributed by atoms with Gasteiger partial charge in [-0.2, -0.15) is 0 Å². The largest absolute Gasteiger partial charge is 0.478 e. The summed E-state index contributed by atoms with van der Waals surface area (Å²) in [5.41, 5.74) is 6.42. The number of aromatic nitrogens is 2. The molecule has 1 amide bonds. The number of nitrogens with zero attached hydrogens (tertiary/aromatic N) is 2. The van der Waals surface area contributed by atoms with Gasteiger partial charge in [0.2, 0.25) is 5.91 Å². The molecule has 5 rings (SSSR count). The van der Waals surface area contributed by atoms with Crippen molar-refractivity contribution in [2.75, 3.05) is 12.4 Å². The Labute approximate surface area is 214 Å². The lowest BCUT2D eigenvalue weighted by Gasteiger charge is -2.17. The van der Waals surface area contributed by atoms with Crippen molar-refractivity contribution in [3.63, 3.8) is 0 Å². The highest BCUT2D eigenvalue weighted by molar-refractivity contribution is 5.95. The molecule has 0 aliphatic carbocycles. The van der Waals surface area contributed by atoms with Gasteiger partial charge in [-0.15, -0.1) is 0 Å². The Balaban J connectivity index is 1.25. The Morgan fingerprint density at radius 1 is 0.892 bits per heavy atom. The van der Waals surface area contributed by atoms with E-state index in [0.29, 0.717) is 18.1 Å². The molecule has 1 aromatic heterocycles. The second-order valence-corrected chi connectivity index (χ2v) is 8.88. The number of carbonyl (C=O) groups excluding carboxylic acids is 1. The zero-order valence-corrected chi connectivity index (χ0v) is 20.3. The first kappa shape index (κ1) is 23.8. The van der Waals surface area contributed by atoms with Crippen molar-refractivity contribution in [1.29, 1.82) is 0 Å². The number of anilines is 2. The molecular formula is C30H26N4O3. The predicted molar refractivity (Wildman–Crippen MR) is 145 cm³/mol. The Morgan fingerprint density at radius 2 is 1.65 bits per heavy atom. The number of rotatable bonds is 8. The van der Waals surface area contributed by atoms with Gasteiger partial charge in [0.1, 0.15) is 5.82 Å². The molecule has 184 valence electrons. The molecule has 5 aromatic rings. The van der Waals surface area contributed by atoms with Crippen LogP contribution in [0.5, 0.6) is 0 Å². The zero-order valence-electron chi connectivity index (χ0n) is 20.3. The van der Waals surface area contributed by atoms with E-state index < -0.39 is 5.97 Å². The minimum absolute atomic E-state index is 0.0125. The number of para-hydroxylation sites is 3. The van der Waals surface area contributed by atoms with Gasteiger partial charge < -0.3 is 20.3 Å². The molecule has 0 spiro atoms. The third-order valence-electron chi connectivity index (χ3n) is 6.18. The van der Waals surface area contributed by atoms with E-state index in [9.17, 15) is 14.7 Å². The minimum atomic E-state index is -0.974. The lowest BCUT2D eigenvalue weighted by Crippen LogP contribution is -2.28. The average molecular weight is 491 g/mol. The van der Waals surface area contributed by atoms with Crippen LogP contribution >= 0.6 is 0 Å². The van der Waals surface area contributed by atoms with Crippen molar-refractivity contribution >= 4 is 34.3 Å². The van der Waals surface area contributed by atoms with Gasteiger partial charge >= 0.3 is 5.97 Å². The fraction of sp³-hybridized carbons (Fsp3) is 0.100. The number of carbonyl (C=O) groups is 2. The molecule has 0 fully saturated rings. The van der Waals surface area contributed by atoms with E-state index >= 15 is 0 Å². The molecule has 0 aliphatic rings. The Kier molecular flexibility index (Phi) is 6.68. The van der Waals surface area contributed by atoms with Crippen LogP contribution in [0.15, 0.2) is 97.1 Å². The zero-order chi connectivity index (χ0) is 25.8. The van der Waals surface area contributed by atoms with Crippen molar-refractivity contribution in [2.45, 2.75) is 13.0 Å². The number of imidazole rings is 1. The molecule has 4 aromatic carbocycles. The van der Waals surface area contributed by atoms with Gasteiger partial charge in [0.15, 0.2) is 0 Å². The molecule has 0 radical (unpaired) electrons. The lowest BCUT2D eigenvalue weighted by atomic mass is 10.0. The van der Waals surface area contributed by atoms with Gasteiger partial charge in [-0.1, -0.05) is 54.6 Å². The third-order valence-corrected chi connectivity index (χ3v) is 6.18. The summed E-state index contributed by atoms with van der Waals surface area (Å²) in [5.74, 6) is -0.328. The van der Waals surface area contributed by atoms with Gasteiger partial charge in [0, 0.05) is 19.3 Å². The van der Waals surface area contributed by atoms with Gasteiger partial charge in [0.25, 0.3) is 0 Å². The molecule has 0 saturated carbocycles. The van der Waals surface area contributed by atoms with Crippen LogP contribution in [0.25, 0.3) is 22.2 Å². The van der Waals surface area contributed by atoms with Crippen LogP contribution in [0.3, 0.4) is 0 Å². The highest BCUT2D eigenvalue weighted by atomic mass is 16.4. The SMILES string of the molecule is CN(Cc1cccc(-c2ccc(Nc3ccccc3C(=O)O)cc2)c1)C(=O)Cc1nc2ccccc2[nH]1. The second-order valence-electron chi connectivity index (χ2n) is 8.88. The lowest BCUT2D eigenvalue weighted by molar-refractivity contribution is -0.129. The normalized spacial score (nSPS) is 10.8. The van der Waals surface area contributed by atoms with E-state index in [0.717, 1.165) is 33.4 Å². The fourth-order valence-corrected chi connectivity index (χ4v) is 4.26. The highest BCUT2D eigenvalue weighted by Crippen LogP contribution is 2.26. The molecule has 0 aliphatic heterocycles. The van der Waals surface area contributed by atoms with Crippen molar-refractivity contribution in [3.8, 4) is 11.1 Å². The van der Waals surface area contributed by atoms with Gasteiger partial charge in [0.05, 0.1) is 28.7 Å². The minimum Gasteiger partial charge on any atom is -0.478 e. The first-order valence-electron chi connectivity index (χ1n) is 11.9. The molecule has 7 nitrogen and oxygen atoms in total. The molecule has 1 heterocycles. The number of carboxylic acids is 1. The van der Waals surface area contributed by atoms with Gasteiger partial charge in [-0.3, -0.25) is 4.79 Å². The maximum Gasteiger partial charge on any atom is 0.337 e. The maximum absolute atomic E-state index is 12.8. The number of fused-ring (bicyclic) bond motifs is 1. The summed E-state index contributed by atoms with van der Waals surface area (Å²) in [6, 6.07) is 30.5. The van der Waals surface area contributed by atoms with Gasteiger partial charge in [-0.05, 0) is 59.2 Å². The van der Waals surface area contributed by atoms with E-state index in [4.69, 9.17) is 0 Å². The van der Waals surface area contributed by atoms with Crippen LogP contribution in [-0.4, -0.2) is 38.9 Å². The molecule has 0 bridgehead atoms. The Bertz CT molecular complexity index is 1540. The standard InChI is InChI=1S/C30H26N4O3/c1-34(29(35)18-28-32-26-11-4-5-12-27(26)33-28)19-20-7-6-8-22(17-20)21-13-15-23(16-14-21)31-25-10-3-2-9-24(25)30(36)37/h2-17,31H,18-19H2,1H3,(H,32,33)(H,36,37). The van der Waals surface area contributed by atoms with Crippen LogP contribution in [0, 0.1) is 0 Å². The molecule has 37 heavy (non-hydrogen) atoms. The van der Waals surface area contributed by atoms with E-state index in [-0.39, 0.29) is 17.9 Å². The summed E-state index contributed by atoms with van der Waals surface area (Å²) in [5, 5.41) is 12.6. The van der Waals surface area contributed by atoms with Crippen LogP contribution in [0.1, 0.15) is 21.7 Å². The molecule has 0 unspecified atom stereocenters. The number of carboxylic acid groups (broad SMARTS) is 1. The third kappa shape index (κ3) is 5.51. The van der Waals surface area contributed by atoms with E-state index in [2.05, 4.69) is 21.4 Å². The fourth-order valence-electron chi connectivity index (χ4n) is 4.26. The number of benzene rings is 4. The molecule has 0 saturated heterocycles. The van der Waals surface area contributed by atoms with Crippen LogP contribution in [0.2, 0.25) is 0 Å².